The third-order valence-electron chi connectivity index (χ3n) is 4.45. The average molecular weight is 225 g/mol. The SMILES string of the molecule is CC1CC(NCC2(CO)CC2)CC(C)(C)C1. The van der Waals surface area contributed by atoms with Gasteiger partial charge in [-0.3, -0.25) is 0 Å². The Labute approximate surface area is 99.8 Å². The Bertz CT molecular complexity index is 245. The highest BCUT2D eigenvalue weighted by Gasteiger charge is 2.42. The quantitative estimate of drug-likeness (QED) is 0.770. The van der Waals surface area contributed by atoms with Crippen molar-refractivity contribution in [2.45, 2.75) is 58.9 Å². The number of aliphatic hydroxyl groups is 1. The fraction of sp³-hybridized carbons (Fsp3) is 1.00. The fourth-order valence-corrected chi connectivity index (χ4v) is 3.43. The summed E-state index contributed by atoms with van der Waals surface area (Å²) in [5.41, 5.74) is 0.746. The van der Waals surface area contributed by atoms with Crippen molar-refractivity contribution in [2.75, 3.05) is 13.2 Å². The molecule has 0 aromatic heterocycles. The monoisotopic (exact) mass is 225 g/mol. The van der Waals surface area contributed by atoms with Gasteiger partial charge in [0, 0.05) is 24.6 Å². The Morgan fingerprint density at radius 1 is 1.25 bits per heavy atom. The van der Waals surface area contributed by atoms with E-state index in [-0.39, 0.29) is 5.41 Å². The number of nitrogens with one attached hydrogen (secondary N) is 1. The summed E-state index contributed by atoms with van der Waals surface area (Å²) < 4.78 is 0. The van der Waals surface area contributed by atoms with Gasteiger partial charge in [-0.2, -0.15) is 0 Å². The second-order valence-electron chi connectivity index (χ2n) is 7.15. The maximum absolute atomic E-state index is 9.30. The summed E-state index contributed by atoms with van der Waals surface area (Å²) in [6, 6.07) is 0.669. The molecular weight excluding hydrogens is 198 g/mol. The molecule has 2 rings (SSSR count). The van der Waals surface area contributed by atoms with E-state index in [2.05, 4.69) is 26.1 Å². The Kier molecular flexibility index (Phi) is 3.33. The van der Waals surface area contributed by atoms with Crippen molar-refractivity contribution in [3.63, 3.8) is 0 Å². The van der Waals surface area contributed by atoms with Crippen molar-refractivity contribution in [1.29, 1.82) is 0 Å². The first kappa shape index (κ1) is 12.4. The van der Waals surface area contributed by atoms with Crippen LogP contribution in [0.3, 0.4) is 0 Å². The summed E-state index contributed by atoms with van der Waals surface area (Å²) in [5.74, 6) is 0.838. The van der Waals surface area contributed by atoms with Gasteiger partial charge < -0.3 is 10.4 Å². The lowest BCUT2D eigenvalue weighted by Gasteiger charge is -2.39. The van der Waals surface area contributed by atoms with E-state index in [9.17, 15) is 5.11 Å². The van der Waals surface area contributed by atoms with Gasteiger partial charge in [-0.1, -0.05) is 20.8 Å². The number of aliphatic hydroxyl groups excluding tert-OH is 1. The lowest BCUT2D eigenvalue weighted by molar-refractivity contribution is 0.139. The summed E-state index contributed by atoms with van der Waals surface area (Å²) in [6.45, 7) is 8.53. The Hall–Kier alpha value is -0.0800. The minimum atomic E-state index is 0.255. The molecule has 0 saturated heterocycles. The predicted octanol–water partition coefficient (Wildman–Crippen LogP) is 2.56. The Morgan fingerprint density at radius 2 is 1.94 bits per heavy atom. The molecule has 0 amide bonds. The highest BCUT2D eigenvalue weighted by atomic mass is 16.3. The van der Waals surface area contributed by atoms with E-state index >= 15 is 0 Å². The van der Waals surface area contributed by atoms with Gasteiger partial charge in [0.05, 0.1) is 0 Å². The molecule has 2 aliphatic carbocycles. The lowest BCUT2D eigenvalue weighted by atomic mass is 9.70. The Balaban J connectivity index is 1.81. The molecule has 2 atom stereocenters. The van der Waals surface area contributed by atoms with E-state index in [1.807, 2.05) is 0 Å². The van der Waals surface area contributed by atoms with Crippen LogP contribution < -0.4 is 5.32 Å². The zero-order chi connectivity index (χ0) is 11.8. The van der Waals surface area contributed by atoms with Crippen LogP contribution in [0.1, 0.15) is 52.9 Å². The molecule has 0 aliphatic heterocycles. The first-order valence-corrected chi connectivity index (χ1v) is 6.79. The van der Waals surface area contributed by atoms with Gasteiger partial charge in [0.2, 0.25) is 0 Å². The molecule has 0 spiro atoms. The summed E-state index contributed by atoms with van der Waals surface area (Å²) in [4.78, 5) is 0. The van der Waals surface area contributed by atoms with E-state index in [4.69, 9.17) is 0 Å². The molecule has 2 N–H and O–H groups in total. The fourth-order valence-electron chi connectivity index (χ4n) is 3.43. The molecule has 2 aliphatic rings. The van der Waals surface area contributed by atoms with Crippen LogP contribution in [0.4, 0.5) is 0 Å². The third kappa shape index (κ3) is 2.98. The smallest absolute Gasteiger partial charge is 0.0499 e. The molecule has 0 aromatic carbocycles. The molecule has 0 radical (unpaired) electrons. The van der Waals surface area contributed by atoms with E-state index in [1.165, 1.54) is 32.1 Å². The van der Waals surface area contributed by atoms with Gasteiger partial charge >= 0.3 is 0 Å². The van der Waals surface area contributed by atoms with Crippen molar-refractivity contribution < 1.29 is 5.11 Å². The van der Waals surface area contributed by atoms with Crippen molar-refractivity contribution >= 4 is 0 Å². The lowest BCUT2D eigenvalue weighted by Crippen LogP contribution is -2.42. The zero-order valence-corrected chi connectivity index (χ0v) is 11.1. The van der Waals surface area contributed by atoms with Gasteiger partial charge in [0.15, 0.2) is 0 Å². The van der Waals surface area contributed by atoms with Crippen molar-refractivity contribution in [1.82, 2.24) is 5.32 Å². The molecule has 2 heteroatoms. The molecule has 94 valence electrons. The molecule has 0 heterocycles. The molecule has 2 saturated carbocycles. The molecule has 0 aromatic rings. The maximum Gasteiger partial charge on any atom is 0.0499 e. The molecule has 2 unspecified atom stereocenters. The van der Waals surface area contributed by atoms with Crippen LogP contribution in [0, 0.1) is 16.7 Å². The van der Waals surface area contributed by atoms with Crippen LogP contribution in [0.2, 0.25) is 0 Å². The molecular formula is C14H27NO. The first-order valence-electron chi connectivity index (χ1n) is 6.79. The van der Waals surface area contributed by atoms with Crippen LogP contribution in [-0.4, -0.2) is 24.3 Å². The summed E-state index contributed by atoms with van der Waals surface area (Å²) in [5, 5.41) is 13.0. The van der Waals surface area contributed by atoms with Gasteiger partial charge in [0.25, 0.3) is 0 Å². The largest absolute Gasteiger partial charge is 0.396 e. The highest BCUT2D eigenvalue weighted by molar-refractivity contribution is 4.96. The molecule has 2 nitrogen and oxygen atoms in total. The minimum absolute atomic E-state index is 0.255. The second-order valence-corrected chi connectivity index (χ2v) is 7.15. The highest BCUT2D eigenvalue weighted by Crippen LogP contribution is 2.45. The van der Waals surface area contributed by atoms with Crippen molar-refractivity contribution in [3.05, 3.63) is 0 Å². The molecule has 0 bridgehead atoms. The number of hydrogen-bond acceptors (Lipinski definition) is 2. The normalized spacial score (nSPS) is 36.0. The summed E-state index contributed by atoms with van der Waals surface area (Å²) in [6.07, 6.45) is 6.38. The van der Waals surface area contributed by atoms with Gasteiger partial charge in [0.1, 0.15) is 0 Å². The summed E-state index contributed by atoms with van der Waals surface area (Å²) in [7, 11) is 0. The van der Waals surface area contributed by atoms with Crippen molar-refractivity contribution in [3.8, 4) is 0 Å². The molecule has 2 fully saturated rings. The number of rotatable bonds is 4. The first-order chi connectivity index (χ1) is 7.45. The van der Waals surface area contributed by atoms with E-state index in [0.717, 1.165) is 12.5 Å². The van der Waals surface area contributed by atoms with Gasteiger partial charge in [-0.05, 0) is 43.4 Å². The van der Waals surface area contributed by atoms with Crippen molar-refractivity contribution in [2.24, 2.45) is 16.7 Å². The topological polar surface area (TPSA) is 32.3 Å². The third-order valence-corrected chi connectivity index (χ3v) is 4.45. The van der Waals surface area contributed by atoms with E-state index < -0.39 is 0 Å². The minimum Gasteiger partial charge on any atom is -0.396 e. The van der Waals surface area contributed by atoms with Crippen LogP contribution in [0.15, 0.2) is 0 Å². The maximum atomic E-state index is 9.30. The second kappa shape index (κ2) is 4.30. The zero-order valence-electron chi connectivity index (χ0n) is 11.1. The van der Waals surface area contributed by atoms with Gasteiger partial charge in [-0.15, -0.1) is 0 Å². The van der Waals surface area contributed by atoms with Crippen LogP contribution >= 0.6 is 0 Å². The van der Waals surface area contributed by atoms with Crippen LogP contribution in [0.25, 0.3) is 0 Å². The van der Waals surface area contributed by atoms with E-state index in [0.29, 0.717) is 18.1 Å². The average Bonchev–Trinajstić information content (AvgIpc) is 2.92. The number of hydrogen-bond donors (Lipinski definition) is 2. The summed E-state index contributed by atoms with van der Waals surface area (Å²) >= 11 is 0. The molecule has 16 heavy (non-hydrogen) atoms. The predicted molar refractivity (Wildman–Crippen MR) is 67.3 cm³/mol. The van der Waals surface area contributed by atoms with Crippen LogP contribution in [0.5, 0.6) is 0 Å². The van der Waals surface area contributed by atoms with Gasteiger partial charge in [-0.25, -0.2) is 0 Å². The standard InChI is InChI=1S/C14H27NO/c1-11-6-12(8-13(2,3)7-11)15-9-14(10-16)4-5-14/h11-12,15-16H,4-10H2,1-3H3. The Morgan fingerprint density at radius 3 is 2.44 bits per heavy atom. The van der Waals surface area contributed by atoms with Crippen LogP contribution in [-0.2, 0) is 0 Å². The van der Waals surface area contributed by atoms with E-state index in [1.54, 1.807) is 0 Å².